The molecule has 1 aromatic carbocycles. The highest BCUT2D eigenvalue weighted by Gasteiger charge is 2.20. The molecule has 1 amide bonds. The first-order valence-corrected chi connectivity index (χ1v) is 9.22. The number of methoxy groups -OCH3 is 1. The average molecular weight is 374 g/mol. The number of rotatable bonds is 8. The van der Waals surface area contributed by atoms with Crippen LogP contribution in [0.15, 0.2) is 34.9 Å². The van der Waals surface area contributed by atoms with Crippen LogP contribution in [0.3, 0.4) is 0 Å². The maximum atomic E-state index is 12.5. The highest BCUT2D eigenvalue weighted by Crippen LogP contribution is 2.26. The van der Waals surface area contributed by atoms with Crippen LogP contribution >= 0.6 is 0 Å². The van der Waals surface area contributed by atoms with Gasteiger partial charge < -0.3 is 23.6 Å². The lowest BCUT2D eigenvalue weighted by Crippen LogP contribution is -2.30. The molecule has 0 atom stereocenters. The van der Waals surface area contributed by atoms with E-state index in [0.29, 0.717) is 35.4 Å². The standard InChI is InChI=1S/C20H26N2O5/c1-22(10-7-15-8-11-25-12-9-15)20(23)17-13-16(27-21-17)14-26-19-6-4-3-5-18(19)24-2/h3-6,13,15H,7-12,14H2,1-2H3. The number of nitrogens with zero attached hydrogens (tertiary/aromatic N) is 2. The molecular weight excluding hydrogens is 348 g/mol. The van der Waals surface area contributed by atoms with Crippen molar-refractivity contribution in [1.82, 2.24) is 10.1 Å². The lowest BCUT2D eigenvalue weighted by molar-refractivity contribution is 0.0581. The lowest BCUT2D eigenvalue weighted by atomic mass is 9.96. The average Bonchev–Trinajstić information content (AvgIpc) is 3.20. The molecule has 0 N–H and O–H groups in total. The maximum absolute atomic E-state index is 12.5. The first-order chi connectivity index (χ1) is 13.2. The molecule has 0 bridgehead atoms. The van der Waals surface area contributed by atoms with Crippen LogP contribution in [0.5, 0.6) is 11.5 Å². The maximum Gasteiger partial charge on any atom is 0.275 e. The van der Waals surface area contributed by atoms with Gasteiger partial charge >= 0.3 is 0 Å². The molecule has 1 aliphatic rings. The Balaban J connectivity index is 1.50. The van der Waals surface area contributed by atoms with Crippen molar-refractivity contribution in [1.29, 1.82) is 0 Å². The smallest absolute Gasteiger partial charge is 0.275 e. The van der Waals surface area contributed by atoms with Gasteiger partial charge in [-0.3, -0.25) is 4.79 Å². The van der Waals surface area contributed by atoms with Crippen LogP contribution in [0, 0.1) is 5.92 Å². The van der Waals surface area contributed by atoms with Gasteiger partial charge in [0.15, 0.2) is 23.0 Å². The van der Waals surface area contributed by atoms with E-state index in [9.17, 15) is 4.79 Å². The predicted octanol–water partition coefficient (Wildman–Crippen LogP) is 3.15. The highest BCUT2D eigenvalue weighted by molar-refractivity contribution is 5.92. The van der Waals surface area contributed by atoms with E-state index >= 15 is 0 Å². The number of hydrogen-bond acceptors (Lipinski definition) is 6. The summed E-state index contributed by atoms with van der Waals surface area (Å²) >= 11 is 0. The van der Waals surface area contributed by atoms with Crippen molar-refractivity contribution in [2.24, 2.45) is 5.92 Å². The molecule has 0 unspecified atom stereocenters. The first-order valence-electron chi connectivity index (χ1n) is 9.22. The minimum atomic E-state index is -0.144. The minimum Gasteiger partial charge on any atom is -0.493 e. The van der Waals surface area contributed by atoms with E-state index in [1.54, 1.807) is 25.1 Å². The van der Waals surface area contributed by atoms with Crippen molar-refractivity contribution >= 4 is 5.91 Å². The zero-order chi connectivity index (χ0) is 19.1. The Morgan fingerprint density at radius 1 is 1.26 bits per heavy atom. The molecule has 146 valence electrons. The summed E-state index contributed by atoms with van der Waals surface area (Å²) in [6, 6.07) is 8.99. The van der Waals surface area contributed by atoms with Crippen molar-refractivity contribution < 1.29 is 23.5 Å². The second-order valence-corrected chi connectivity index (χ2v) is 6.69. The van der Waals surface area contributed by atoms with Gasteiger partial charge in [-0.15, -0.1) is 0 Å². The van der Waals surface area contributed by atoms with Crippen molar-refractivity contribution in [3.05, 3.63) is 41.8 Å². The molecule has 3 rings (SSSR count). The third kappa shape index (κ3) is 5.23. The number of carbonyl (C=O) groups is 1. The van der Waals surface area contributed by atoms with Gasteiger partial charge in [-0.2, -0.15) is 0 Å². The minimum absolute atomic E-state index is 0.144. The number of hydrogen-bond donors (Lipinski definition) is 0. The van der Waals surface area contributed by atoms with Crippen LogP contribution in [-0.2, 0) is 11.3 Å². The van der Waals surface area contributed by atoms with Crippen LogP contribution in [0.1, 0.15) is 35.5 Å². The molecule has 0 spiro atoms. The molecule has 2 heterocycles. The van der Waals surface area contributed by atoms with E-state index in [-0.39, 0.29) is 12.5 Å². The Bertz CT molecular complexity index is 739. The van der Waals surface area contributed by atoms with Crippen molar-refractivity contribution in [3.8, 4) is 11.5 Å². The molecular formula is C20H26N2O5. The normalized spacial score (nSPS) is 14.7. The summed E-state index contributed by atoms with van der Waals surface area (Å²) < 4.78 is 21.6. The predicted molar refractivity (Wildman–Crippen MR) is 98.9 cm³/mol. The van der Waals surface area contributed by atoms with E-state index in [2.05, 4.69) is 5.16 Å². The fraction of sp³-hybridized carbons (Fsp3) is 0.500. The quantitative estimate of drug-likeness (QED) is 0.707. The van der Waals surface area contributed by atoms with Gasteiger partial charge in [-0.25, -0.2) is 0 Å². The molecule has 7 nitrogen and oxygen atoms in total. The van der Waals surface area contributed by atoms with Gasteiger partial charge in [-0.05, 0) is 37.3 Å². The summed E-state index contributed by atoms with van der Waals surface area (Å²) in [5.41, 5.74) is 0.295. The number of benzene rings is 1. The van der Waals surface area contributed by atoms with E-state index in [1.807, 2.05) is 24.3 Å². The van der Waals surface area contributed by atoms with Gasteiger partial charge in [0.2, 0.25) is 0 Å². The molecule has 0 saturated carbocycles. The molecule has 1 aliphatic heterocycles. The number of aromatic nitrogens is 1. The SMILES string of the molecule is COc1ccccc1OCc1cc(C(=O)N(C)CCC2CCOCC2)no1. The summed E-state index contributed by atoms with van der Waals surface area (Å²) in [6.45, 7) is 2.51. The zero-order valence-corrected chi connectivity index (χ0v) is 15.8. The van der Waals surface area contributed by atoms with E-state index in [1.165, 1.54) is 0 Å². The van der Waals surface area contributed by atoms with Crippen LogP contribution in [-0.4, -0.2) is 49.9 Å². The number of ether oxygens (including phenoxy) is 3. The van der Waals surface area contributed by atoms with Gasteiger partial charge in [0.25, 0.3) is 5.91 Å². The van der Waals surface area contributed by atoms with Crippen molar-refractivity contribution in [2.75, 3.05) is 33.9 Å². The highest BCUT2D eigenvalue weighted by atomic mass is 16.5. The number of para-hydroxylation sites is 2. The summed E-state index contributed by atoms with van der Waals surface area (Å²) in [6.07, 6.45) is 3.11. The van der Waals surface area contributed by atoms with E-state index < -0.39 is 0 Å². The van der Waals surface area contributed by atoms with Crippen molar-refractivity contribution in [3.63, 3.8) is 0 Å². The van der Waals surface area contributed by atoms with Gasteiger partial charge in [0.1, 0.15) is 6.61 Å². The summed E-state index contributed by atoms with van der Waals surface area (Å²) in [7, 11) is 3.38. The Morgan fingerprint density at radius 2 is 2.00 bits per heavy atom. The first kappa shape index (κ1) is 19.2. The largest absolute Gasteiger partial charge is 0.493 e. The third-order valence-electron chi connectivity index (χ3n) is 4.78. The summed E-state index contributed by atoms with van der Waals surface area (Å²) in [5.74, 6) is 2.21. The van der Waals surface area contributed by atoms with Gasteiger partial charge in [0, 0.05) is 32.9 Å². The van der Waals surface area contributed by atoms with Crippen molar-refractivity contribution in [2.45, 2.75) is 25.9 Å². The molecule has 0 radical (unpaired) electrons. The van der Waals surface area contributed by atoms with E-state index in [4.69, 9.17) is 18.7 Å². The molecule has 0 aliphatic carbocycles. The van der Waals surface area contributed by atoms with Crippen LogP contribution in [0.2, 0.25) is 0 Å². The molecule has 1 aromatic heterocycles. The Labute approximate surface area is 159 Å². The van der Waals surface area contributed by atoms with Crippen LogP contribution in [0.25, 0.3) is 0 Å². The monoisotopic (exact) mass is 374 g/mol. The third-order valence-corrected chi connectivity index (χ3v) is 4.78. The van der Waals surface area contributed by atoms with Gasteiger partial charge in [0.05, 0.1) is 7.11 Å². The Kier molecular flexibility index (Phi) is 6.70. The summed E-state index contributed by atoms with van der Waals surface area (Å²) in [4.78, 5) is 14.2. The molecule has 27 heavy (non-hydrogen) atoms. The molecule has 7 heteroatoms. The molecule has 2 aromatic rings. The van der Waals surface area contributed by atoms with Gasteiger partial charge in [-0.1, -0.05) is 17.3 Å². The lowest BCUT2D eigenvalue weighted by Gasteiger charge is -2.24. The second-order valence-electron chi connectivity index (χ2n) is 6.69. The second kappa shape index (κ2) is 9.41. The number of carbonyl (C=O) groups excluding carboxylic acids is 1. The van der Waals surface area contributed by atoms with Crippen LogP contribution < -0.4 is 9.47 Å². The number of amides is 1. The molecule has 1 fully saturated rings. The zero-order valence-electron chi connectivity index (χ0n) is 15.8. The fourth-order valence-electron chi connectivity index (χ4n) is 3.08. The van der Waals surface area contributed by atoms with E-state index in [0.717, 1.165) is 32.5 Å². The Hall–Kier alpha value is -2.54. The fourth-order valence-corrected chi connectivity index (χ4v) is 3.08. The van der Waals surface area contributed by atoms with Crippen LogP contribution in [0.4, 0.5) is 0 Å². The summed E-state index contributed by atoms with van der Waals surface area (Å²) in [5, 5.41) is 3.89. The topological polar surface area (TPSA) is 74.0 Å². The molecule has 1 saturated heterocycles. The Morgan fingerprint density at radius 3 is 2.74 bits per heavy atom.